The van der Waals surface area contributed by atoms with Crippen LogP contribution in [0.3, 0.4) is 0 Å². The van der Waals surface area contributed by atoms with Crippen LogP contribution in [-0.4, -0.2) is 30.3 Å². The van der Waals surface area contributed by atoms with Crippen LogP contribution >= 0.6 is 24.0 Å². The molecule has 0 spiro atoms. The summed E-state index contributed by atoms with van der Waals surface area (Å²) >= 11 is 0. The molecule has 3 N–H and O–H groups in total. The molecule has 2 atom stereocenters. The van der Waals surface area contributed by atoms with Crippen LogP contribution in [-0.2, 0) is 19.4 Å². The van der Waals surface area contributed by atoms with Gasteiger partial charge >= 0.3 is 6.18 Å². The number of halogens is 4. The minimum absolute atomic E-state index is 0. The summed E-state index contributed by atoms with van der Waals surface area (Å²) in [4.78, 5) is 4.16. The van der Waals surface area contributed by atoms with Crippen molar-refractivity contribution in [3.8, 4) is 5.75 Å². The third-order valence-electron chi connectivity index (χ3n) is 5.76. The predicted molar refractivity (Wildman–Crippen MR) is 115 cm³/mol. The van der Waals surface area contributed by atoms with Gasteiger partial charge in [-0.15, -0.1) is 24.0 Å². The lowest BCUT2D eigenvalue weighted by molar-refractivity contribution is -0.183. The lowest BCUT2D eigenvalue weighted by Crippen LogP contribution is -2.46. The number of phenols is 1. The van der Waals surface area contributed by atoms with Crippen LogP contribution in [0.2, 0.25) is 0 Å². The van der Waals surface area contributed by atoms with E-state index in [2.05, 4.69) is 15.6 Å². The normalized spacial score (nSPS) is 22.8. The lowest BCUT2D eigenvalue weighted by atomic mass is 9.85. The Balaban J connectivity index is 0.00000280. The summed E-state index contributed by atoms with van der Waals surface area (Å²) in [5, 5.41) is 16.6. The Bertz CT molecular complexity index is 694. The fourth-order valence-electron chi connectivity index (χ4n) is 4.27. The van der Waals surface area contributed by atoms with Crippen LogP contribution in [0.1, 0.15) is 55.2 Å². The molecule has 0 amide bonds. The van der Waals surface area contributed by atoms with Crippen molar-refractivity contribution in [3.63, 3.8) is 0 Å². The maximum Gasteiger partial charge on any atom is 0.391 e. The molecule has 1 saturated carbocycles. The number of fused-ring (bicyclic) bond motifs is 1. The highest BCUT2D eigenvalue weighted by molar-refractivity contribution is 14.0. The fourth-order valence-corrected chi connectivity index (χ4v) is 4.27. The fraction of sp³-hybridized carbons (Fsp3) is 0.650. The van der Waals surface area contributed by atoms with Gasteiger partial charge in [-0.1, -0.05) is 12.5 Å². The highest BCUT2D eigenvalue weighted by atomic mass is 127. The van der Waals surface area contributed by atoms with Crippen molar-refractivity contribution in [2.75, 3.05) is 7.05 Å². The monoisotopic (exact) mass is 511 g/mol. The van der Waals surface area contributed by atoms with Crippen molar-refractivity contribution in [1.82, 2.24) is 10.6 Å². The van der Waals surface area contributed by atoms with Gasteiger partial charge in [0.15, 0.2) is 5.96 Å². The van der Waals surface area contributed by atoms with Gasteiger partial charge in [0.25, 0.3) is 0 Å². The minimum Gasteiger partial charge on any atom is -0.508 e. The highest BCUT2D eigenvalue weighted by Crippen LogP contribution is 2.37. The summed E-state index contributed by atoms with van der Waals surface area (Å²) in [7, 11) is 1.61. The van der Waals surface area contributed by atoms with E-state index in [1.165, 1.54) is 11.1 Å². The highest BCUT2D eigenvalue weighted by Gasteiger charge is 2.42. The van der Waals surface area contributed by atoms with Crippen LogP contribution in [0, 0.1) is 5.92 Å². The van der Waals surface area contributed by atoms with Gasteiger partial charge in [-0.2, -0.15) is 13.2 Å². The molecule has 1 aromatic carbocycles. The number of nitrogens with zero attached hydrogens (tertiary/aromatic N) is 1. The second kappa shape index (κ2) is 10.0. The number of guanidine groups is 1. The molecule has 0 radical (unpaired) electrons. The van der Waals surface area contributed by atoms with Gasteiger partial charge < -0.3 is 15.7 Å². The second-order valence-electron chi connectivity index (χ2n) is 7.58. The number of aryl methyl sites for hydroxylation is 1. The average molecular weight is 511 g/mol. The van der Waals surface area contributed by atoms with Crippen LogP contribution in [0.5, 0.6) is 5.75 Å². The quantitative estimate of drug-likeness (QED) is 0.314. The van der Waals surface area contributed by atoms with Crippen LogP contribution in [0.15, 0.2) is 17.1 Å². The molecular formula is C20H29F3IN3O. The van der Waals surface area contributed by atoms with Gasteiger partial charge in [0.1, 0.15) is 5.75 Å². The standard InChI is InChI=1S/C20H28F3N3O.HI/c1-24-19(26-15-7-4-6-14(11-15)20(21,22)23)25-12-17-16-8-3-2-5-13(16)9-10-18(17)27;/h9-10,14-15,27H,2-8,11-12H2,1H3,(H2,24,25,26);1H. The van der Waals surface area contributed by atoms with E-state index in [0.29, 0.717) is 25.3 Å². The number of hydrogen-bond donors (Lipinski definition) is 3. The molecule has 1 fully saturated rings. The van der Waals surface area contributed by atoms with Gasteiger partial charge in [-0.05, 0) is 62.1 Å². The number of nitrogens with one attached hydrogen (secondary N) is 2. The van der Waals surface area contributed by atoms with Crippen molar-refractivity contribution in [3.05, 3.63) is 28.8 Å². The number of alkyl halides is 3. The molecule has 4 nitrogen and oxygen atoms in total. The molecule has 2 aliphatic carbocycles. The van der Waals surface area contributed by atoms with E-state index in [0.717, 1.165) is 31.2 Å². The summed E-state index contributed by atoms with van der Waals surface area (Å²) in [6.07, 6.45) is 1.66. The lowest BCUT2D eigenvalue weighted by Gasteiger charge is -2.32. The van der Waals surface area contributed by atoms with E-state index in [9.17, 15) is 18.3 Å². The third-order valence-corrected chi connectivity index (χ3v) is 5.76. The maximum atomic E-state index is 13.0. The van der Waals surface area contributed by atoms with Crippen LogP contribution in [0.4, 0.5) is 13.2 Å². The Labute approximate surface area is 181 Å². The van der Waals surface area contributed by atoms with E-state index >= 15 is 0 Å². The molecule has 0 heterocycles. The molecule has 0 bridgehead atoms. The van der Waals surface area contributed by atoms with Crippen molar-refractivity contribution < 1.29 is 18.3 Å². The minimum atomic E-state index is -4.13. The molecule has 2 unspecified atom stereocenters. The summed E-state index contributed by atoms with van der Waals surface area (Å²) < 4.78 is 39.0. The Hall–Kier alpha value is -1.19. The second-order valence-corrected chi connectivity index (χ2v) is 7.58. The van der Waals surface area contributed by atoms with Gasteiger partial charge in [0.05, 0.1) is 5.92 Å². The predicted octanol–water partition coefficient (Wildman–Crippen LogP) is 4.68. The topological polar surface area (TPSA) is 56.7 Å². The Morgan fingerprint density at radius 3 is 2.64 bits per heavy atom. The summed E-state index contributed by atoms with van der Waals surface area (Å²) in [6, 6.07) is 3.47. The zero-order chi connectivity index (χ0) is 19.4. The zero-order valence-electron chi connectivity index (χ0n) is 16.1. The largest absolute Gasteiger partial charge is 0.508 e. The molecule has 8 heteroatoms. The number of hydrogen-bond acceptors (Lipinski definition) is 2. The molecule has 158 valence electrons. The van der Waals surface area contributed by atoms with E-state index in [-0.39, 0.29) is 48.6 Å². The molecule has 28 heavy (non-hydrogen) atoms. The van der Waals surface area contributed by atoms with Crippen molar-refractivity contribution >= 4 is 29.9 Å². The first-order chi connectivity index (χ1) is 12.9. The van der Waals surface area contributed by atoms with Crippen LogP contribution < -0.4 is 10.6 Å². The van der Waals surface area contributed by atoms with E-state index in [1.807, 2.05) is 6.07 Å². The SMILES string of the molecule is CN=C(NCc1c(O)ccc2c1CCCC2)NC1CCCC(C(F)(F)F)C1.I. The van der Waals surface area contributed by atoms with Crippen molar-refractivity contribution in [1.29, 1.82) is 0 Å². The summed E-state index contributed by atoms with van der Waals surface area (Å²) in [5.41, 5.74) is 3.34. The van der Waals surface area contributed by atoms with E-state index in [4.69, 9.17) is 0 Å². The number of aliphatic imine (C=N–C) groups is 1. The summed E-state index contributed by atoms with van der Waals surface area (Å²) in [5.74, 6) is -0.504. The van der Waals surface area contributed by atoms with Gasteiger partial charge in [0.2, 0.25) is 0 Å². The zero-order valence-corrected chi connectivity index (χ0v) is 18.4. The average Bonchev–Trinajstić information content (AvgIpc) is 2.65. The maximum absolute atomic E-state index is 13.0. The molecule has 0 saturated heterocycles. The van der Waals surface area contributed by atoms with Crippen LogP contribution in [0.25, 0.3) is 0 Å². The van der Waals surface area contributed by atoms with Crippen molar-refractivity contribution in [2.24, 2.45) is 10.9 Å². The molecule has 2 aliphatic rings. The number of rotatable bonds is 3. The molecule has 3 rings (SSSR count). The summed E-state index contributed by atoms with van der Waals surface area (Å²) in [6.45, 7) is 0.407. The smallest absolute Gasteiger partial charge is 0.391 e. The van der Waals surface area contributed by atoms with Gasteiger partial charge in [-0.3, -0.25) is 4.99 Å². The molecular weight excluding hydrogens is 482 g/mol. The molecule has 0 aliphatic heterocycles. The first-order valence-corrected chi connectivity index (χ1v) is 9.75. The Morgan fingerprint density at radius 1 is 1.18 bits per heavy atom. The molecule has 0 aromatic heterocycles. The molecule has 1 aromatic rings. The number of aromatic hydroxyl groups is 1. The number of benzene rings is 1. The van der Waals surface area contributed by atoms with Gasteiger partial charge in [-0.25, -0.2) is 0 Å². The van der Waals surface area contributed by atoms with Crippen molar-refractivity contribution in [2.45, 2.75) is 70.1 Å². The Morgan fingerprint density at radius 2 is 1.93 bits per heavy atom. The van der Waals surface area contributed by atoms with Gasteiger partial charge in [0, 0.05) is 25.2 Å². The van der Waals surface area contributed by atoms with E-state index < -0.39 is 12.1 Å². The first-order valence-electron chi connectivity index (χ1n) is 9.75. The number of phenolic OH excluding ortho intramolecular Hbond substituents is 1. The first kappa shape index (κ1) is 23.1. The third kappa shape index (κ3) is 5.67. The van der Waals surface area contributed by atoms with E-state index in [1.54, 1.807) is 13.1 Å². The Kier molecular flexibility index (Phi) is 8.27.